The van der Waals surface area contributed by atoms with E-state index in [4.69, 9.17) is 4.74 Å². The molecule has 2 aliphatic carbocycles. The zero-order valence-electron chi connectivity index (χ0n) is 18.4. The van der Waals surface area contributed by atoms with E-state index in [2.05, 4.69) is 26.0 Å². The van der Waals surface area contributed by atoms with Crippen molar-refractivity contribution in [3.05, 3.63) is 89.0 Å². The molecular weight excluding hydrogens is 396 g/mol. The molecule has 4 aromatic rings. The molecule has 160 valence electrons. The highest BCUT2D eigenvalue weighted by molar-refractivity contribution is 5.97. The van der Waals surface area contributed by atoms with Gasteiger partial charge in [0.1, 0.15) is 11.4 Å². The van der Waals surface area contributed by atoms with E-state index in [1.54, 1.807) is 0 Å². The summed E-state index contributed by atoms with van der Waals surface area (Å²) in [5.41, 5.74) is 2.87. The number of esters is 1. The number of carbonyl (C=O) groups is 1. The summed E-state index contributed by atoms with van der Waals surface area (Å²) in [6, 6.07) is 22.0. The number of fused-ring (bicyclic) bond motifs is 7. The van der Waals surface area contributed by atoms with Crippen LogP contribution < -0.4 is 0 Å². The first-order chi connectivity index (χ1) is 15.4. The van der Waals surface area contributed by atoms with Gasteiger partial charge in [0.25, 0.3) is 0 Å². The first-order valence-electron chi connectivity index (χ1n) is 11.4. The Morgan fingerprint density at radius 1 is 0.969 bits per heavy atom. The van der Waals surface area contributed by atoms with Gasteiger partial charge in [-0.2, -0.15) is 0 Å². The van der Waals surface area contributed by atoms with E-state index in [9.17, 15) is 9.90 Å². The molecule has 2 atom stereocenters. The second-order valence-corrected chi connectivity index (χ2v) is 9.70. The van der Waals surface area contributed by atoms with E-state index in [1.807, 2.05) is 54.6 Å². The van der Waals surface area contributed by atoms with Gasteiger partial charge in [-0.15, -0.1) is 0 Å². The Labute approximate surface area is 187 Å². The average Bonchev–Trinajstić information content (AvgIpc) is 3.27. The van der Waals surface area contributed by atoms with Crippen LogP contribution in [0.1, 0.15) is 60.2 Å². The van der Waals surface area contributed by atoms with E-state index in [-0.39, 0.29) is 11.4 Å². The molecule has 0 aromatic heterocycles. The van der Waals surface area contributed by atoms with Crippen LogP contribution in [0, 0.1) is 0 Å². The average molecular weight is 423 g/mol. The Morgan fingerprint density at radius 3 is 2.59 bits per heavy atom. The van der Waals surface area contributed by atoms with Gasteiger partial charge >= 0.3 is 5.97 Å². The highest BCUT2D eigenvalue weighted by Gasteiger charge is 2.59. The van der Waals surface area contributed by atoms with E-state index in [0.29, 0.717) is 11.3 Å². The molecule has 0 amide bonds. The number of aryl methyl sites for hydroxylation is 1. The molecule has 2 aliphatic rings. The molecule has 0 aliphatic heterocycles. The van der Waals surface area contributed by atoms with Crippen molar-refractivity contribution >= 4 is 27.5 Å². The van der Waals surface area contributed by atoms with Crippen LogP contribution in [0.25, 0.3) is 21.5 Å². The second kappa shape index (κ2) is 6.59. The summed E-state index contributed by atoms with van der Waals surface area (Å²) in [6.07, 6.45) is 3.29. The van der Waals surface area contributed by atoms with Crippen LogP contribution in [0.5, 0.6) is 5.75 Å². The van der Waals surface area contributed by atoms with Crippen molar-refractivity contribution in [3.63, 3.8) is 0 Å². The number of phenols is 1. The Bertz CT molecular complexity index is 1420. The van der Waals surface area contributed by atoms with Gasteiger partial charge in [-0.05, 0) is 59.2 Å². The van der Waals surface area contributed by atoms with Crippen molar-refractivity contribution in [3.8, 4) is 5.75 Å². The highest BCUT2D eigenvalue weighted by atomic mass is 16.6. The maximum Gasteiger partial charge on any atom is 0.339 e. The van der Waals surface area contributed by atoms with Crippen LogP contribution in [0.15, 0.2) is 66.7 Å². The molecule has 0 radical (unpaired) electrons. The number of aromatic hydroxyl groups is 1. The van der Waals surface area contributed by atoms with Crippen molar-refractivity contribution in [2.75, 3.05) is 0 Å². The molecule has 6 rings (SSSR count). The van der Waals surface area contributed by atoms with E-state index in [1.165, 1.54) is 5.56 Å². The molecule has 1 N–H and O–H groups in total. The zero-order chi connectivity index (χ0) is 22.1. The Morgan fingerprint density at radius 2 is 1.78 bits per heavy atom. The Kier molecular flexibility index (Phi) is 3.98. The van der Waals surface area contributed by atoms with Crippen molar-refractivity contribution in [2.24, 2.45) is 0 Å². The van der Waals surface area contributed by atoms with Crippen LogP contribution >= 0.6 is 0 Å². The molecule has 32 heavy (non-hydrogen) atoms. The van der Waals surface area contributed by atoms with Crippen molar-refractivity contribution in [1.29, 1.82) is 0 Å². The third kappa shape index (κ3) is 2.57. The van der Waals surface area contributed by atoms with Gasteiger partial charge in [0.15, 0.2) is 0 Å². The smallest absolute Gasteiger partial charge is 0.339 e. The summed E-state index contributed by atoms with van der Waals surface area (Å²) in [5.74, 6) is 0.0647. The van der Waals surface area contributed by atoms with E-state index < -0.39 is 5.60 Å². The van der Waals surface area contributed by atoms with Gasteiger partial charge in [-0.1, -0.05) is 62.4 Å². The number of phenolic OH excluding ortho intramolecular Hbond substituents is 1. The van der Waals surface area contributed by atoms with Gasteiger partial charge in [-0.25, -0.2) is 4.79 Å². The first kappa shape index (κ1) is 19.4. The maximum atomic E-state index is 13.3. The van der Waals surface area contributed by atoms with Crippen molar-refractivity contribution < 1.29 is 14.6 Å². The molecule has 3 heteroatoms. The molecular formula is C29H26O3. The Hall–Kier alpha value is -3.33. The summed E-state index contributed by atoms with van der Waals surface area (Å²) in [4.78, 5) is 13.3. The standard InChI is InChI=1S/C29H26O3/c1-3-18-9-6-10-22-23(18)16-24-25(26(22)30)28(2)13-14-29(24,17-28)32-27(31)21-12-11-19-7-4-5-8-20(19)15-21/h4-12,15-16,30H,3,13-14,17H2,1-2H3. The largest absolute Gasteiger partial charge is 0.507 e. The molecule has 2 bridgehead atoms. The first-order valence-corrected chi connectivity index (χ1v) is 11.4. The zero-order valence-corrected chi connectivity index (χ0v) is 18.4. The SMILES string of the molecule is CCc1cccc2c(O)c3c(cc12)C1(OC(=O)c2ccc4ccccc4c2)CCC3(C)C1. The summed E-state index contributed by atoms with van der Waals surface area (Å²) in [6.45, 7) is 4.32. The predicted octanol–water partition coefficient (Wildman–Crippen LogP) is 6.77. The third-order valence-corrected chi connectivity index (χ3v) is 7.75. The lowest BCUT2D eigenvalue weighted by molar-refractivity contribution is -0.0165. The van der Waals surface area contributed by atoms with Gasteiger partial charge in [0, 0.05) is 28.3 Å². The van der Waals surface area contributed by atoms with Crippen LogP contribution in [0.4, 0.5) is 0 Å². The maximum absolute atomic E-state index is 13.3. The number of carbonyl (C=O) groups excluding carboxylic acids is 1. The molecule has 1 fully saturated rings. The molecule has 0 saturated heterocycles. The lowest BCUT2D eigenvalue weighted by atomic mass is 9.78. The summed E-state index contributed by atoms with van der Waals surface area (Å²) < 4.78 is 6.34. The van der Waals surface area contributed by atoms with Gasteiger partial charge < -0.3 is 9.84 Å². The molecule has 0 heterocycles. The lowest BCUT2D eigenvalue weighted by Crippen LogP contribution is -2.28. The van der Waals surface area contributed by atoms with Gasteiger partial charge in [0.2, 0.25) is 0 Å². The van der Waals surface area contributed by atoms with Gasteiger partial charge in [0.05, 0.1) is 5.56 Å². The summed E-state index contributed by atoms with van der Waals surface area (Å²) in [7, 11) is 0. The molecule has 4 aromatic carbocycles. The minimum Gasteiger partial charge on any atom is -0.507 e. The quantitative estimate of drug-likeness (QED) is 0.371. The molecule has 1 saturated carbocycles. The van der Waals surface area contributed by atoms with Crippen LogP contribution in [0.2, 0.25) is 0 Å². The fourth-order valence-corrected chi connectivity index (χ4v) is 6.17. The second-order valence-electron chi connectivity index (χ2n) is 9.70. The third-order valence-electron chi connectivity index (χ3n) is 7.75. The number of hydrogen-bond donors (Lipinski definition) is 1. The van der Waals surface area contributed by atoms with E-state index in [0.717, 1.165) is 58.4 Å². The minimum absolute atomic E-state index is 0.181. The minimum atomic E-state index is -0.681. The summed E-state index contributed by atoms with van der Waals surface area (Å²) >= 11 is 0. The fraction of sp³-hybridized carbons (Fsp3) is 0.276. The van der Waals surface area contributed by atoms with Crippen molar-refractivity contribution in [1.82, 2.24) is 0 Å². The van der Waals surface area contributed by atoms with Crippen molar-refractivity contribution in [2.45, 2.75) is 50.5 Å². The predicted molar refractivity (Wildman–Crippen MR) is 127 cm³/mol. The lowest BCUT2D eigenvalue weighted by Gasteiger charge is -2.31. The van der Waals surface area contributed by atoms with Crippen LogP contribution in [-0.4, -0.2) is 11.1 Å². The molecule has 2 unspecified atom stereocenters. The normalized spacial score (nSPS) is 23.6. The number of benzene rings is 4. The molecule has 3 nitrogen and oxygen atoms in total. The summed E-state index contributed by atoms with van der Waals surface area (Å²) in [5, 5.41) is 15.4. The van der Waals surface area contributed by atoms with Crippen LogP contribution in [-0.2, 0) is 22.2 Å². The Balaban J connectivity index is 1.47. The van der Waals surface area contributed by atoms with Gasteiger partial charge in [-0.3, -0.25) is 0 Å². The fourth-order valence-electron chi connectivity index (χ4n) is 6.17. The van der Waals surface area contributed by atoms with E-state index >= 15 is 0 Å². The molecule has 0 spiro atoms. The highest BCUT2D eigenvalue weighted by Crippen LogP contribution is 2.64. The monoisotopic (exact) mass is 422 g/mol. The number of hydrogen-bond acceptors (Lipinski definition) is 3. The topological polar surface area (TPSA) is 46.5 Å². The number of ether oxygens (including phenoxy) is 1. The van der Waals surface area contributed by atoms with Crippen LogP contribution in [0.3, 0.4) is 0 Å². The number of rotatable bonds is 3.